The molecule has 1 aromatic carbocycles. The Morgan fingerprint density at radius 2 is 1.90 bits per heavy atom. The molecule has 9 heteroatoms. The van der Waals surface area contributed by atoms with E-state index in [2.05, 4.69) is 4.98 Å². The fraction of sp³-hybridized carbons (Fsp3) is 0.0833. The summed E-state index contributed by atoms with van der Waals surface area (Å²) in [6.07, 6.45) is -4.99. The summed E-state index contributed by atoms with van der Waals surface area (Å²) in [5.41, 5.74) is -3.60. The van der Waals surface area contributed by atoms with Crippen LogP contribution in [0.5, 0.6) is 0 Å². The number of rotatable bonds is 1. The van der Waals surface area contributed by atoms with Gasteiger partial charge in [-0.2, -0.15) is 13.2 Å². The third kappa shape index (κ3) is 1.85. The lowest BCUT2D eigenvalue weighted by Crippen LogP contribution is -2.19. The van der Waals surface area contributed by atoms with Gasteiger partial charge in [0.1, 0.15) is 5.56 Å². The van der Waals surface area contributed by atoms with Gasteiger partial charge < -0.3 is 4.98 Å². The van der Waals surface area contributed by atoms with Gasteiger partial charge in [-0.15, -0.1) is 0 Å². The minimum Gasteiger partial charge on any atom is -0.334 e. The minimum atomic E-state index is -4.99. The van der Waals surface area contributed by atoms with Crippen LogP contribution < -0.4 is 5.56 Å². The van der Waals surface area contributed by atoms with Crippen molar-refractivity contribution in [3.05, 3.63) is 56.4 Å². The van der Waals surface area contributed by atoms with E-state index in [1.54, 1.807) is 12.1 Å². The standard InChI is InChI=1S/C12H6F3N3O3/c13-12(14,15)6-5-9(19)17-8-4-2-1-3-7(8)16-11(17)10(6)18(20)21/h1-5,16H. The largest absolute Gasteiger partial charge is 0.423 e. The lowest BCUT2D eigenvalue weighted by Gasteiger charge is -2.07. The fourth-order valence-electron chi connectivity index (χ4n) is 2.26. The maximum Gasteiger partial charge on any atom is 0.423 e. The van der Waals surface area contributed by atoms with Crippen molar-refractivity contribution in [1.82, 2.24) is 9.38 Å². The molecule has 6 nitrogen and oxygen atoms in total. The van der Waals surface area contributed by atoms with Gasteiger partial charge in [-0.1, -0.05) is 12.1 Å². The molecule has 0 aliphatic carbocycles. The van der Waals surface area contributed by atoms with Gasteiger partial charge >= 0.3 is 11.9 Å². The van der Waals surface area contributed by atoms with Crippen LogP contribution in [0, 0.1) is 10.1 Å². The molecule has 1 N–H and O–H groups in total. The second-order valence-electron chi connectivity index (χ2n) is 4.33. The Bertz CT molecular complexity index is 940. The first-order chi connectivity index (χ1) is 9.80. The van der Waals surface area contributed by atoms with Crippen molar-refractivity contribution in [2.75, 3.05) is 0 Å². The van der Waals surface area contributed by atoms with Crippen LogP contribution in [-0.2, 0) is 6.18 Å². The zero-order chi connectivity index (χ0) is 15.4. The van der Waals surface area contributed by atoms with Crippen LogP contribution in [-0.4, -0.2) is 14.3 Å². The predicted octanol–water partition coefficient (Wildman–Crippen LogP) is 2.71. The minimum absolute atomic E-state index is 0.241. The first-order valence-electron chi connectivity index (χ1n) is 5.69. The molecule has 2 aromatic heterocycles. The molecule has 0 atom stereocenters. The molecule has 0 aliphatic heterocycles. The van der Waals surface area contributed by atoms with Crippen LogP contribution in [0.4, 0.5) is 18.9 Å². The topological polar surface area (TPSA) is 80.4 Å². The zero-order valence-electron chi connectivity index (χ0n) is 10.1. The number of halogens is 3. The number of imidazole rings is 1. The number of aromatic amines is 1. The number of para-hydroxylation sites is 2. The molecule has 0 spiro atoms. The smallest absolute Gasteiger partial charge is 0.334 e. The molecule has 0 fully saturated rings. The van der Waals surface area contributed by atoms with Crippen LogP contribution >= 0.6 is 0 Å². The Kier molecular flexibility index (Phi) is 2.55. The molecule has 3 aromatic rings. The van der Waals surface area contributed by atoms with Crippen molar-refractivity contribution in [3.8, 4) is 0 Å². The average Bonchev–Trinajstić information content (AvgIpc) is 2.76. The summed E-state index contributed by atoms with van der Waals surface area (Å²) in [6, 6.07) is 6.41. The first-order valence-corrected chi connectivity index (χ1v) is 5.69. The quantitative estimate of drug-likeness (QED) is 0.554. The van der Waals surface area contributed by atoms with Gasteiger partial charge in [0.2, 0.25) is 0 Å². The summed E-state index contributed by atoms with van der Waals surface area (Å²) in [7, 11) is 0. The molecule has 0 amide bonds. The van der Waals surface area contributed by atoms with E-state index in [9.17, 15) is 28.1 Å². The summed E-state index contributed by atoms with van der Waals surface area (Å²) < 4.78 is 39.6. The molecule has 0 saturated carbocycles. The van der Waals surface area contributed by atoms with Crippen molar-refractivity contribution in [2.24, 2.45) is 0 Å². The summed E-state index contributed by atoms with van der Waals surface area (Å²) >= 11 is 0. The molecule has 0 saturated heterocycles. The van der Waals surface area contributed by atoms with E-state index in [4.69, 9.17) is 0 Å². The molecule has 0 bridgehead atoms. The number of aromatic nitrogens is 2. The van der Waals surface area contributed by atoms with Gasteiger partial charge in [0, 0.05) is 6.07 Å². The number of benzene rings is 1. The van der Waals surface area contributed by atoms with Crippen LogP contribution in [0.1, 0.15) is 5.56 Å². The van der Waals surface area contributed by atoms with E-state index in [0.717, 1.165) is 4.40 Å². The van der Waals surface area contributed by atoms with Crippen molar-refractivity contribution in [2.45, 2.75) is 6.18 Å². The Morgan fingerprint density at radius 3 is 2.52 bits per heavy atom. The van der Waals surface area contributed by atoms with Gasteiger partial charge in [-0.25, -0.2) is 0 Å². The van der Waals surface area contributed by atoms with E-state index in [-0.39, 0.29) is 11.6 Å². The summed E-state index contributed by atoms with van der Waals surface area (Å²) in [5, 5.41) is 11.0. The lowest BCUT2D eigenvalue weighted by molar-refractivity contribution is -0.386. The molecule has 3 rings (SSSR count). The third-order valence-corrected chi connectivity index (χ3v) is 3.08. The number of nitro groups is 1. The van der Waals surface area contributed by atoms with Crippen LogP contribution in [0.15, 0.2) is 35.1 Å². The Labute approximate surface area is 113 Å². The number of alkyl halides is 3. The molecule has 0 unspecified atom stereocenters. The highest BCUT2D eigenvalue weighted by atomic mass is 19.4. The molecule has 0 aliphatic rings. The number of hydrogen-bond donors (Lipinski definition) is 1. The summed E-state index contributed by atoms with van der Waals surface area (Å²) in [4.78, 5) is 24.3. The average molecular weight is 297 g/mol. The third-order valence-electron chi connectivity index (χ3n) is 3.08. The number of fused-ring (bicyclic) bond motifs is 3. The Hall–Kier alpha value is -2.84. The van der Waals surface area contributed by atoms with E-state index in [0.29, 0.717) is 5.52 Å². The second kappa shape index (κ2) is 4.08. The molecular weight excluding hydrogens is 291 g/mol. The predicted molar refractivity (Wildman–Crippen MR) is 67.2 cm³/mol. The molecule has 0 radical (unpaired) electrons. The summed E-state index contributed by atoms with van der Waals surface area (Å²) in [5.74, 6) is 0. The van der Waals surface area contributed by atoms with Gasteiger partial charge in [-0.05, 0) is 12.1 Å². The molecule has 108 valence electrons. The number of pyridine rings is 1. The van der Waals surface area contributed by atoms with Gasteiger partial charge in [-0.3, -0.25) is 19.3 Å². The van der Waals surface area contributed by atoms with E-state index < -0.39 is 33.6 Å². The van der Waals surface area contributed by atoms with Crippen molar-refractivity contribution in [1.29, 1.82) is 0 Å². The Balaban J connectivity index is 2.60. The molecular formula is C12H6F3N3O3. The van der Waals surface area contributed by atoms with Gasteiger partial charge in [0.15, 0.2) is 5.65 Å². The Morgan fingerprint density at radius 1 is 1.24 bits per heavy atom. The molecule has 21 heavy (non-hydrogen) atoms. The highest BCUT2D eigenvalue weighted by molar-refractivity contribution is 5.84. The van der Waals surface area contributed by atoms with Gasteiger partial charge in [0.05, 0.1) is 16.0 Å². The maximum absolute atomic E-state index is 12.9. The first kappa shape index (κ1) is 13.2. The lowest BCUT2D eigenvalue weighted by atomic mass is 10.2. The van der Waals surface area contributed by atoms with E-state index >= 15 is 0 Å². The second-order valence-corrected chi connectivity index (χ2v) is 4.33. The number of nitrogens with one attached hydrogen (secondary N) is 1. The van der Waals surface area contributed by atoms with Crippen LogP contribution in [0.25, 0.3) is 16.7 Å². The normalized spacial score (nSPS) is 12.1. The van der Waals surface area contributed by atoms with Crippen LogP contribution in [0.2, 0.25) is 0 Å². The van der Waals surface area contributed by atoms with Crippen molar-refractivity contribution in [3.63, 3.8) is 0 Å². The number of hydrogen-bond acceptors (Lipinski definition) is 3. The number of H-pyrrole nitrogens is 1. The monoisotopic (exact) mass is 297 g/mol. The van der Waals surface area contributed by atoms with Crippen LogP contribution in [0.3, 0.4) is 0 Å². The van der Waals surface area contributed by atoms with Gasteiger partial charge in [0.25, 0.3) is 5.56 Å². The maximum atomic E-state index is 12.9. The van der Waals surface area contributed by atoms with Crippen molar-refractivity contribution < 1.29 is 18.1 Å². The van der Waals surface area contributed by atoms with E-state index in [1.807, 2.05) is 0 Å². The summed E-state index contributed by atoms with van der Waals surface area (Å²) in [6.45, 7) is 0. The zero-order valence-corrected chi connectivity index (χ0v) is 10.1. The molecule has 2 heterocycles. The number of nitrogens with zero attached hydrogens (tertiary/aromatic N) is 2. The van der Waals surface area contributed by atoms with Crippen molar-refractivity contribution >= 4 is 22.4 Å². The SMILES string of the molecule is O=c1cc(C(F)(F)F)c([N+](=O)[O-])c2[nH]c3ccccc3n12. The highest BCUT2D eigenvalue weighted by Gasteiger charge is 2.41. The highest BCUT2D eigenvalue weighted by Crippen LogP contribution is 2.37. The fourth-order valence-corrected chi connectivity index (χ4v) is 2.26. The van der Waals surface area contributed by atoms with E-state index in [1.165, 1.54) is 12.1 Å².